The Morgan fingerprint density at radius 2 is 2.16 bits per heavy atom. The summed E-state index contributed by atoms with van der Waals surface area (Å²) in [6.45, 7) is 1.06. The Bertz CT molecular complexity index is 1280. The van der Waals surface area contributed by atoms with Gasteiger partial charge in [0.25, 0.3) is 5.56 Å². The molecule has 4 heterocycles. The minimum atomic E-state index is -0.160. The van der Waals surface area contributed by atoms with Crippen molar-refractivity contribution in [3.05, 3.63) is 76.1 Å². The molecule has 1 fully saturated rings. The van der Waals surface area contributed by atoms with Gasteiger partial charge in [-0.05, 0) is 49.6 Å². The van der Waals surface area contributed by atoms with Crippen molar-refractivity contribution in [1.82, 2.24) is 24.5 Å². The van der Waals surface area contributed by atoms with Crippen LogP contribution in [-0.4, -0.2) is 31.2 Å². The summed E-state index contributed by atoms with van der Waals surface area (Å²) >= 11 is 7.67. The Morgan fingerprint density at radius 1 is 1.23 bits per heavy atom. The first kappa shape index (κ1) is 20.2. The Hall–Kier alpha value is -2.68. The van der Waals surface area contributed by atoms with Crippen molar-refractivity contribution in [3.63, 3.8) is 0 Å². The zero-order chi connectivity index (χ0) is 21.2. The summed E-state index contributed by atoms with van der Waals surface area (Å²) in [5.74, 6) is 0. The van der Waals surface area contributed by atoms with E-state index in [4.69, 9.17) is 16.3 Å². The van der Waals surface area contributed by atoms with E-state index in [1.54, 1.807) is 30.2 Å². The molecule has 0 saturated carbocycles. The minimum absolute atomic E-state index is 0.0238. The smallest absolute Gasteiger partial charge is 0.274 e. The molecule has 0 amide bonds. The minimum Gasteiger partial charge on any atom is -0.357 e. The van der Waals surface area contributed by atoms with Gasteiger partial charge in [-0.3, -0.25) is 4.79 Å². The van der Waals surface area contributed by atoms with Crippen LogP contribution in [0.15, 0.2) is 69.7 Å². The lowest BCUT2D eigenvalue weighted by atomic mass is 10.2. The summed E-state index contributed by atoms with van der Waals surface area (Å²) < 4.78 is 9.09. The first-order valence-electron chi connectivity index (χ1n) is 10.1. The first-order valence-corrected chi connectivity index (χ1v) is 11.3. The number of nitrogens with zero attached hydrogens (tertiary/aromatic N) is 5. The maximum absolute atomic E-state index is 12.9. The van der Waals surface area contributed by atoms with E-state index in [1.807, 2.05) is 41.2 Å². The summed E-state index contributed by atoms with van der Waals surface area (Å²) in [5, 5.41) is 11.6. The lowest BCUT2D eigenvalue weighted by Gasteiger charge is -2.22. The normalized spacial score (nSPS) is 16.6. The molecular weight excluding hydrogens is 434 g/mol. The van der Waals surface area contributed by atoms with Crippen molar-refractivity contribution >= 4 is 34.1 Å². The third-order valence-corrected chi connectivity index (χ3v) is 6.49. The van der Waals surface area contributed by atoms with E-state index in [-0.39, 0.29) is 18.3 Å². The number of pyridine rings is 1. The SMILES string of the molecule is O=c1c2ccc(Sc3ccn(C4CCCCO4)n3)cc2cnn1Cc1cccnc1Cl. The molecule has 9 heteroatoms. The van der Waals surface area contributed by atoms with Crippen LogP contribution in [0.1, 0.15) is 31.1 Å². The third-order valence-electron chi connectivity index (χ3n) is 5.24. The monoisotopic (exact) mass is 453 g/mol. The van der Waals surface area contributed by atoms with Crippen LogP contribution in [0.5, 0.6) is 0 Å². The van der Waals surface area contributed by atoms with E-state index in [0.29, 0.717) is 10.5 Å². The predicted octanol–water partition coefficient (Wildman–Crippen LogP) is 4.54. The van der Waals surface area contributed by atoms with Gasteiger partial charge in [-0.15, -0.1) is 0 Å². The molecule has 1 atom stereocenters. The number of hydrogen-bond donors (Lipinski definition) is 0. The van der Waals surface area contributed by atoms with E-state index in [1.165, 1.54) is 4.68 Å². The highest BCUT2D eigenvalue weighted by Crippen LogP contribution is 2.30. The molecule has 1 aromatic carbocycles. The van der Waals surface area contributed by atoms with Crippen LogP contribution in [0.3, 0.4) is 0 Å². The number of ether oxygens (including phenoxy) is 1. The lowest BCUT2D eigenvalue weighted by molar-refractivity contribution is -0.0400. The van der Waals surface area contributed by atoms with Gasteiger partial charge in [-0.1, -0.05) is 29.4 Å². The Balaban J connectivity index is 1.36. The number of hydrogen-bond acceptors (Lipinski definition) is 6. The molecule has 158 valence electrons. The van der Waals surface area contributed by atoms with Gasteiger partial charge in [0.1, 0.15) is 16.4 Å². The molecule has 4 aromatic rings. The van der Waals surface area contributed by atoms with Crippen LogP contribution in [0.2, 0.25) is 5.15 Å². The fourth-order valence-corrected chi connectivity index (χ4v) is 4.64. The molecular formula is C22H20ClN5O2S. The second kappa shape index (κ2) is 8.82. The molecule has 1 saturated heterocycles. The van der Waals surface area contributed by atoms with Crippen molar-refractivity contribution in [2.24, 2.45) is 0 Å². The highest BCUT2D eigenvalue weighted by molar-refractivity contribution is 7.99. The van der Waals surface area contributed by atoms with Crippen LogP contribution in [0.4, 0.5) is 0 Å². The molecule has 1 aliphatic rings. The summed E-state index contributed by atoms with van der Waals surface area (Å²) in [5.41, 5.74) is 0.593. The summed E-state index contributed by atoms with van der Waals surface area (Å²) in [6.07, 6.45) is 8.58. The second-order valence-electron chi connectivity index (χ2n) is 7.37. The molecule has 3 aromatic heterocycles. The molecule has 0 N–H and O–H groups in total. The van der Waals surface area contributed by atoms with E-state index in [0.717, 1.165) is 46.7 Å². The Morgan fingerprint density at radius 3 is 3.00 bits per heavy atom. The van der Waals surface area contributed by atoms with E-state index in [2.05, 4.69) is 15.2 Å². The van der Waals surface area contributed by atoms with Gasteiger partial charge in [-0.2, -0.15) is 10.2 Å². The fourth-order valence-electron chi connectivity index (χ4n) is 3.63. The second-order valence-corrected chi connectivity index (χ2v) is 8.82. The molecule has 7 nitrogen and oxygen atoms in total. The van der Waals surface area contributed by atoms with Gasteiger partial charge >= 0.3 is 0 Å². The average molecular weight is 454 g/mol. The van der Waals surface area contributed by atoms with Crippen molar-refractivity contribution in [1.29, 1.82) is 0 Å². The van der Waals surface area contributed by atoms with Crippen molar-refractivity contribution in [2.75, 3.05) is 6.61 Å². The van der Waals surface area contributed by atoms with Crippen LogP contribution in [0, 0.1) is 0 Å². The maximum atomic E-state index is 12.9. The quantitative estimate of drug-likeness (QED) is 0.413. The van der Waals surface area contributed by atoms with Gasteiger partial charge in [-0.25, -0.2) is 14.3 Å². The molecule has 1 unspecified atom stereocenters. The maximum Gasteiger partial charge on any atom is 0.274 e. The number of halogens is 1. The average Bonchev–Trinajstić information content (AvgIpc) is 3.26. The highest BCUT2D eigenvalue weighted by atomic mass is 35.5. The zero-order valence-corrected chi connectivity index (χ0v) is 18.2. The van der Waals surface area contributed by atoms with E-state index >= 15 is 0 Å². The zero-order valence-electron chi connectivity index (χ0n) is 16.6. The molecule has 0 bridgehead atoms. The number of rotatable bonds is 5. The molecule has 5 rings (SSSR count). The highest BCUT2D eigenvalue weighted by Gasteiger charge is 2.17. The first-order chi connectivity index (χ1) is 15.2. The summed E-state index contributed by atoms with van der Waals surface area (Å²) in [6, 6.07) is 11.4. The van der Waals surface area contributed by atoms with Gasteiger partial charge < -0.3 is 4.74 Å². The molecule has 1 aliphatic heterocycles. The Labute approximate surface area is 188 Å². The van der Waals surface area contributed by atoms with Crippen LogP contribution >= 0.6 is 23.4 Å². The topological polar surface area (TPSA) is 74.8 Å². The molecule has 0 spiro atoms. The van der Waals surface area contributed by atoms with Gasteiger partial charge in [0, 0.05) is 34.8 Å². The Kier molecular flexibility index (Phi) is 5.76. The van der Waals surface area contributed by atoms with Crippen molar-refractivity contribution in [3.8, 4) is 0 Å². The van der Waals surface area contributed by atoms with Crippen molar-refractivity contribution in [2.45, 2.75) is 42.0 Å². The summed E-state index contributed by atoms with van der Waals surface area (Å²) in [4.78, 5) is 17.9. The largest absolute Gasteiger partial charge is 0.357 e. The molecule has 0 aliphatic carbocycles. The van der Waals surface area contributed by atoms with Crippen molar-refractivity contribution < 1.29 is 4.74 Å². The fraction of sp³-hybridized carbons (Fsp3) is 0.273. The number of fused-ring (bicyclic) bond motifs is 1. The molecule has 0 radical (unpaired) electrons. The van der Waals surface area contributed by atoms with E-state index < -0.39 is 0 Å². The van der Waals surface area contributed by atoms with E-state index in [9.17, 15) is 4.79 Å². The third kappa shape index (κ3) is 4.37. The number of aromatic nitrogens is 5. The lowest BCUT2D eigenvalue weighted by Crippen LogP contribution is -2.23. The number of benzene rings is 1. The van der Waals surface area contributed by atoms with Gasteiger partial charge in [0.2, 0.25) is 0 Å². The van der Waals surface area contributed by atoms with Crippen LogP contribution in [0.25, 0.3) is 10.8 Å². The molecule has 31 heavy (non-hydrogen) atoms. The van der Waals surface area contributed by atoms with Crippen LogP contribution in [-0.2, 0) is 11.3 Å². The van der Waals surface area contributed by atoms with Gasteiger partial charge in [0.15, 0.2) is 0 Å². The predicted molar refractivity (Wildman–Crippen MR) is 120 cm³/mol. The van der Waals surface area contributed by atoms with Crippen LogP contribution < -0.4 is 5.56 Å². The summed E-state index contributed by atoms with van der Waals surface area (Å²) in [7, 11) is 0. The van der Waals surface area contributed by atoms with Gasteiger partial charge in [0.05, 0.1) is 18.1 Å². The standard InChI is InChI=1S/C22H20ClN5O2S/c23-21-15(4-3-9-24-21)14-28-22(29)18-7-6-17(12-16(18)13-25-28)31-19-8-10-27(26-19)20-5-1-2-11-30-20/h3-4,6-10,12-13,20H,1-2,5,11,14H2.